The highest BCUT2D eigenvalue weighted by molar-refractivity contribution is 6.05. The largest absolute Gasteiger partial charge is 0.493 e. The van der Waals surface area contributed by atoms with Crippen molar-refractivity contribution in [1.82, 2.24) is 5.16 Å². The molecular weight excluding hydrogens is 422 g/mol. The van der Waals surface area contributed by atoms with Crippen LogP contribution in [0.4, 0.5) is 11.4 Å². The number of aromatic nitrogens is 1. The molecule has 0 saturated heterocycles. The predicted molar refractivity (Wildman–Crippen MR) is 124 cm³/mol. The van der Waals surface area contributed by atoms with Crippen LogP contribution in [0, 0.1) is 26.7 Å². The number of rotatable bonds is 8. The number of carbonyl (C=O) groups is 2. The van der Waals surface area contributed by atoms with Gasteiger partial charge in [0.1, 0.15) is 12.4 Å². The number of benzene rings is 2. The fourth-order valence-corrected chi connectivity index (χ4v) is 3.40. The maximum absolute atomic E-state index is 12.9. The Labute approximate surface area is 192 Å². The second-order valence-corrected chi connectivity index (χ2v) is 8.20. The molecule has 1 aromatic heterocycles. The maximum atomic E-state index is 12.9. The zero-order valence-corrected chi connectivity index (χ0v) is 19.2. The molecule has 1 aliphatic carbocycles. The number of hydrogen-bond acceptors (Lipinski definition) is 6. The molecular formula is C25H27N3O5. The number of amides is 2. The number of hydrogen-bond donors (Lipinski definition) is 2. The molecule has 172 valence electrons. The van der Waals surface area contributed by atoms with Crippen LogP contribution in [0.1, 0.15) is 45.8 Å². The minimum Gasteiger partial charge on any atom is -0.493 e. The van der Waals surface area contributed by atoms with Gasteiger partial charge in [0.15, 0.2) is 11.5 Å². The molecule has 0 unspecified atom stereocenters. The molecule has 1 fully saturated rings. The van der Waals surface area contributed by atoms with Crippen molar-refractivity contribution in [2.75, 3.05) is 17.7 Å². The van der Waals surface area contributed by atoms with Gasteiger partial charge in [-0.3, -0.25) is 9.59 Å². The van der Waals surface area contributed by atoms with Gasteiger partial charge >= 0.3 is 0 Å². The Bertz CT molecular complexity index is 1180. The van der Waals surface area contributed by atoms with Crippen LogP contribution in [-0.4, -0.2) is 24.1 Å². The summed E-state index contributed by atoms with van der Waals surface area (Å²) in [5.41, 5.74) is 4.25. The molecule has 0 spiro atoms. The molecule has 4 rings (SSSR count). The summed E-state index contributed by atoms with van der Waals surface area (Å²) in [5, 5.41) is 9.75. The minimum absolute atomic E-state index is 0.0213. The molecule has 0 atom stereocenters. The summed E-state index contributed by atoms with van der Waals surface area (Å²) in [6.45, 7) is 5.86. The van der Waals surface area contributed by atoms with E-state index in [1.807, 2.05) is 32.9 Å². The van der Waals surface area contributed by atoms with Crippen LogP contribution in [0.15, 0.2) is 40.9 Å². The number of nitrogens with zero attached hydrogens (tertiary/aromatic N) is 1. The first-order valence-corrected chi connectivity index (χ1v) is 10.8. The summed E-state index contributed by atoms with van der Waals surface area (Å²) in [5.74, 6) is 1.49. The van der Waals surface area contributed by atoms with Crippen molar-refractivity contribution < 1.29 is 23.6 Å². The lowest BCUT2D eigenvalue weighted by Crippen LogP contribution is -2.15. The normalized spacial score (nSPS) is 12.8. The average Bonchev–Trinajstić information content (AvgIpc) is 3.61. The monoisotopic (exact) mass is 449 g/mol. The highest BCUT2D eigenvalue weighted by Gasteiger charge is 2.29. The fourth-order valence-electron chi connectivity index (χ4n) is 3.40. The van der Waals surface area contributed by atoms with E-state index in [0.717, 1.165) is 29.7 Å². The van der Waals surface area contributed by atoms with Gasteiger partial charge in [-0.25, -0.2) is 0 Å². The van der Waals surface area contributed by atoms with Gasteiger partial charge in [0.25, 0.3) is 5.91 Å². The molecule has 8 heteroatoms. The Balaban J connectivity index is 1.46. The zero-order chi connectivity index (χ0) is 23.5. The van der Waals surface area contributed by atoms with Crippen LogP contribution in [-0.2, 0) is 11.4 Å². The second-order valence-electron chi connectivity index (χ2n) is 8.20. The van der Waals surface area contributed by atoms with Gasteiger partial charge in [-0.2, -0.15) is 0 Å². The molecule has 0 radical (unpaired) electrons. The molecule has 8 nitrogen and oxygen atoms in total. The lowest BCUT2D eigenvalue weighted by molar-refractivity contribution is -0.117. The maximum Gasteiger partial charge on any atom is 0.255 e. The van der Waals surface area contributed by atoms with Gasteiger partial charge in [0, 0.05) is 22.9 Å². The van der Waals surface area contributed by atoms with Crippen LogP contribution in [0.3, 0.4) is 0 Å². The number of methoxy groups -OCH3 is 1. The lowest BCUT2D eigenvalue weighted by atomic mass is 10.1. The van der Waals surface area contributed by atoms with Gasteiger partial charge < -0.3 is 24.6 Å². The first-order chi connectivity index (χ1) is 15.9. The number of anilines is 2. The van der Waals surface area contributed by atoms with E-state index in [1.54, 1.807) is 24.3 Å². The Morgan fingerprint density at radius 1 is 1.06 bits per heavy atom. The predicted octanol–water partition coefficient (Wildman–Crippen LogP) is 4.79. The average molecular weight is 450 g/mol. The minimum atomic E-state index is -0.292. The summed E-state index contributed by atoms with van der Waals surface area (Å²) in [6.07, 6.45) is 1.86. The second kappa shape index (κ2) is 9.36. The third-order valence-electron chi connectivity index (χ3n) is 5.68. The standard InChI is InChI=1S/C25H27N3O5/c1-14-5-9-19(26-24(29)17-6-7-17)12-21(14)27-25(30)18-8-10-22(23(11-18)31-4)32-13-20-15(2)28-33-16(20)3/h5,8-12,17H,6-7,13H2,1-4H3,(H,26,29)(H,27,30). The van der Waals surface area contributed by atoms with Crippen molar-refractivity contribution in [2.24, 2.45) is 5.92 Å². The number of ether oxygens (including phenoxy) is 2. The smallest absolute Gasteiger partial charge is 0.255 e. The van der Waals surface area contributed by atoms with Gasteiger partial charge in [-0.15, -0.1) is 0 Å². The fraction of sp³-hybridized carbons (Fsp3) is 0.320. The molecule has 2 N–H and O–H groups in total. The van der Waals surface area contributed by atoms with Crippen molar-refractivity contribution in [3.63, 3.8) is 0 Å². The molecule has 3 aromatic rings. The van der Waals surface area contributed by atoms with Gasteiger partial charge in [-0.05, 0) is 69.5 Å². The Kier molecular flexibility index (Phi) is 6.35. The van der Waals surface area contributed by atoms with Crippen LogP contribution in [0.2, 0.25) is 0 Å². The van der Waals surface area contributed by atoms with E-state index < -0.39 is 0 Å². The van der Waals surface area contributed by atoms with Crippen molar-refractivity contribution in [1.29, 1.82) is 0 Å². The summed E-state index contributed by atoms with van der Waals surface area (Å²) in [7, 11) is 1.52. The highest BCUT2D eigenvalue weighted by Crippen LogP contribution is 2.32. The number of aryl methyl sites for hydroxylation is 3. The van der Waals surface area contributed by atoms with Gasteiger partial charge in [-0.1, -0.05) is 11.2 Å². The Hall–Kier alpha value is -3.81. The van der Waals surface area contributed by atoms with Crippen LogP contribution < -0.4 is 20.1 Å². The SMILES string of the molecule is COc1cc(C(=O)Nc2cc(NC(=O)C3CC3)ccc2C)ccc1OCc1c(C)noc1C. The summed E-state index contributed by atoms with van der Waals surface area (Å²) < 4.78 is 16.5. The van der Waals surface area contributed by atoms with Crippen molar-refractivity contribution in [3.8, 4) is 11.5 Å². The van der Waals surface area contributed by atoms with Crippen LogP contribution in [0.25, 0.3) is 0 Å². The van der Waals surface area contributed by atoms with E-state index in [2.05, 4.69) is 15.8 Å². The van der Waals surface area contributed by atoms with Crippen LogP contribution >= 0.6 is 0 Å². The summed E-state index contributed by atoms with van der Waals surface area (Å²) >= 11 is 0. The quantitative estimate of drug-likeness (QED) is 0.513. The van der Waals surface area contributed by atoms with E-state index in [-0.39, 0.29) is 24.3 Å². The Morgan fingerprint density at radius 3 is 2.52 bits per heavy atom. The van der Waals surface area contributed by atoms with Gasteiger partial charge in [0.05, 0.1) is 18.4 Å². The van der Waals surface area contributed by atoms with Crippen LogP contribution in [0.5, 0.6) is 11.5 Å². The van der Waals surface area contributed by atoms with Crippen molar-refractivity contribution in [3.05, 3.63) is 64.5 Å². The molecule has 1 aliphatic rings. The zero-order valence-electron chi connectivity index (χ0n) is 19.2. The van der Waals surface area contributed by atoms with E-state index >= 15 is 0 Å². The molecule has 0 bridgehead atoms. The number of nitrogens with one attached hydrogen (secondary N) is 2. The van der Waals surface area contributed by atoms with E-state index in [9.17, 15) is 9.59 Å². The van der Waals surface area contributed by atoms with Crippen molar-refractivity contribution >= 4 is 23.2 Å². The molecule has 1 saturated carbocycles. The molecule has 2 amide bonds. The first-order valence-electron chi connectivity index (χ1n) is 10.8. The van der Waals surface area contributed by atoms with E-state index in [4.69, 9.17) is 14.0 Å². The van der Waals surface area contributed by atoms with Gasteiger partial charge in [0.2, 0.25) is 5.91 Å². The number of carbonyl (C=O) groups excluding carboxylic acids is 2. The molecule has 0 aliphatic heterocycles. The van der Waals surface area contributed by atoms with E-state index in [1.165, 1.54) is 7.11 Å². The highest BCUT2D eigenvalue weighted by atomic mass is 16.5. The van der Waals surface area contributed by atoms with Crippen molar-refractivity contribution in [2.45, 2.75) is 40.2 Å². The van der Waals surface area contributed by atoms with E-state index in [0.29, 0.717) is 34.2 Å². The Morgan fingerprint density at radius 2 is 1.85 bits per heavy atom. The third-order valence-corrected chi connectivity index (χ3v) is 5.68. The molecule has 33 heavy (non-hydrogen) atoms. The molecule has 2 aromatic carbocycles. The summed E-state index contributed by atoms with van der Waals surface area (Å²) in [4.78, 5) is 25.0. The molecule has 1 heterocycles. The third kappa shape index (κ3) is 5.16. The first kappa shape index (κ1) is 22.4. The lowest BCUT2D eigenvalue weighted by Gasteiger charge is -2.14. The summed E-state index contributed by atoms with van der Waals surface area (Å²) in [6, 6.07) is 10.5. The topological polar surface area (TPSA) is 103 Å².